The molecule has 4 amide bonds. The summed E-state index contributed by atoms with van der Waals surface area (Å²) in [5, 5.41) is 16.1. The van der Waals surface area contributed by atoms with E-state index >= 15 is 0 Å². The third-order valence-electron chi connectivity index (χ3n) is 6.90. The highest BCUT2D eigenvalue weighted by Crippen LogP contribution is 2.33. The average Bonchev–Trinajstić information content (AvgIpc) is 3.18. The van der Waals surface area contributed by atoms with Crippen molar-refractivity contribution in [2.24, 2.45) is 5.41 Å². The molecule has 10 nitrogen and oxygen atoms in total. The zero-order chi connectivity index (χ0) is 29.3. The van der Waals surface area contributed by atoms with E-state index in [0.717, 1.165) is 22.4 Å². The van der Waals surface area contributed by atoms with E-state index in [-0.39, 0.29) is 19.2 Å². The third-order valence-corrected chi connectivity index (χ3v) is 6.90. The lowest BCUT2D eigenvalue weighted by atomic mass is 9.90. The number of benzene rings is 2. The van der Waals surface area contributed by atoms with Crippen molar-refractivity contribution in [3.05, 3.63) is 71.8 Å². The SMILES string of the molecule is CCCC[C@H](NC(=O)OC1C(=O)N(C(=O)OCc2ccccc2)CC1(C)C)C(O)C(=O)N[C@H](C)c1ccccc1. The van der Waals surface area contributed by atoms with Gasteiger partial charge in [-0.1, -0.05) is 94.3 Å². The number of imide groups is 1. The number of alkyl carbamates (subject to hydrolysis) is 1. The van der Waals surface area contributed by atoms with Crippen LogP contribution in [0.1, 0.15) is 64.1 Å². The van der Waals surface area contributed by atoms with Crippen LogP contribution in [0.3, 0.4) is 0 Å². The lowest BCUT2D eigenvalue weighted by Crippen LogP contribution is -2.52. The molecule has 2 unspecified atom stereocenters. The number of ether oxygens (including phenoxy) is 2. The van der Waals surface area contributed by atoms with Gasteiger partial charge in [-0.05, 0) is 24.5 Å². The number of unbranched alkanes of at least 4 members (excludes halogenated alkanes) is 1. The maximum absolute atomic E-state index is 13.1. The monoisotopic (exact) mass is 553 g/mol. The van der Waals surface area contributed by atoms with Crippen LogP contribution >= 0.6 is 0 Å². The van der Waals surface area contributed by atoms with Crippen LogP contribution < -0.4 is 10.6 Å². The van der Waals surface area contributed by atoms with Gasteiger partial charge in [0.05, 0.1) is 12.1 Å². The van der Waals surface area contributed by atoms with E-state index in [1.807, 2.05) is 55.5 Å². The number of hydrogen-bond donors (Lipinski definition) is 3. The number of amides is 4. The molecule has 0 spiro atoms. The number of carbonyl (C=O) groups excluding carboxylic acids is 4. The van der Waals surface area contributed by atoms with Crippen molar-refractivity contribution in [2.45, 2.75) is 77.9 Å². The van der Waals surface area contributed by atoms with E-state index in [4.69, 9.17) is 9.47 Å². The molecule has 3 rings (SSSR count). The summed E-state index contributed by atoms with van der Waals surface area (Å²) in [6, 6.07) is 17.1. The Bertz CT molecular complexity index is 1160. The molecule has 1 heterocycles. The number of nitrogens with zero attached hydrogens (tertiary/aromatic N) is 1. The fourth-order valence-corrected chi connectivity index (χ4v) is 4.54. The number of aliphatic hydroxyl groups is 1. The first-order chi connectivity index (χ1) is 19.0. The minimum absolute atomic E-state index is 0.000921. The lowest BCUT2D eigenvalue weighted by molar-refractivity contribution is -0.135. The van der Waals surface area contributed by atoms with Gasteiger partial charge in [0.25, 0.3) is 11.8 Å². The van der Waals surface area contributed by atoms with Gasteiger partial charge in [0.15, 0.2) is 12.2 Å². The van der Waals surface area contributed by atoms with Gasteiger partial charge in [0.1, 0.15) is 6.61 Å². The Morgan fingerprint density at radius 3 is 2.30 bits per heavy atom. The first-order valence-corrected chi connectivity index (χ1v) is 13.6. The van der Waals surface area contributed by atoms with E-state index in [1.54, 1.807) is 32.9 Å². The summed E-state index contributed by atoms with van der Waals surface area (Å²) >= 11 is 0. The molecular weight excluding hydrogens is 514 g/mol. The summed E-state index contributed by atoms with van der Waals surface area (Å²) in [6.45, 7) is 7.15. The molecule has 40 heavy (non-hydrogen) atoms. The molecule has 2 aromatic carbocycles. The molecule has 0 radical (unpaired) electrons. The van der Waals surface area contributed by atoms with Gasteiger partial charge in [-0.25, -0.2) is 14.5 Å². The van der Waals surface area contributed by atoms with Gasteiger partial charge in [-0.2, -0.15) is 0 Å². The first kappa shape index (κ1) is 30.6. The molecule has 1 aliphatic rings. The number of hydrogen-bond acceptors (Lipinski definition) is 7. The second kappa shape index (κ2) is 13.9. The van der Waals surface area contributed by atoms with Crippen LogP contribution in [-0.2, 0) is 25.7 Å². The first-order valence-electron chi connectivity index (χ1n) is 13.6. The number of rotatable bonds is 11. The molecule has 1 fully saturated rings. The smallest absolute Gasteiger partial charge is 0.416 e. The molecule has 2 aromatic rings. The number of likely N-dealkylation sites (tertiary alicyclic amines) is 1. The molecule has 0 aliphatic carbocycles. The molecular formula is C30H39N3O7. The quantitative estimate of drug-likeness (QED) is 0.382. The van der Waals surface area contributed by atoms with E-state index in [2.05, 4.69) is 10.6 Å². The maximum Gasteiger partial charge on any atom is 0.416 e. The van der Waals surface area contributed by atoms with Crippen LogP contribution in [-0.4, -0.2) is 58.8 Å². The van der Waals surface area contributed by atoms with Gasteiger partial charge in [0, 0.05) is 12.0 Å². The minimum atomic E-state index is -1.54. The summed E-state index contributed by atoms with van der Waals surface area (Å²) in [7, 11) is 0. The van der Waals surface area contributed by atoms with Crippen molar-refractivity contribution in [3.8, 4) is 0 Å². The van der Waals surface area contributed by atoms with E-state index < -0.39 is 47.7 Å². The third kappa shape index (κ3) is 8.05. The van der Waals surface area contributed by atoms with Crippen LogP contribution in [0.15, 0.2) is 60.7 Å². The predicted molar refractivity (Wildman–Crippen MR) is 148 cm³/mol. The number of nitrogens with one attached hydrogen (secondary N) is 2. The maximum atomic E-state index is 13.1. The largest absolute Gasteiger partial charge is 0.444 e. The Labute approximate surface area is 235 Å². The standard InChI is InChI=1S/C30H39N3O7/c1-5-6-17-23(24(34)26(35)31-20(2)22-15-11-8-12-16-22)32-28(37)40-25-27(36)33(19-30(25,3)4)29(38)39-18-21-13-9-7-10-14-21/h7-16,20,23-25,34H,5-6,17-19H2,1-4H3,(H,31,35)(H,32,37)/t20-,23+,24?,25?/m1/s1. The Kier molecular flexibility index (Phi) is 10.7. The van der Waals surface area contributed by atoms with Crippen LogP contribution in [0.5, 0.6) is 0 Å². The predicted octanol–water partition coefficient (Wildman–Crippen LogP) is 4.08. The van der Waals surface area contributed by atoms with E-state index in [0.29, 0.717) is 12.8 Å². The Morgan fingerprint density at radius 2 is 1.68 bits per heavy atom. The van der Waals surface area contributed by atoms with Crippen molar-refractivity contribution in [2.75, 3.05) is 6.54 Å². The molecule has 1 saturated heterocycles. The highest BCUT2D eigenvalue weighted by molar-refractivity contribution is 5.98. The van der Waals surface area contributed by atoms with E-state index in [9.17, 15) is 24.3 Å². The van der Waals surface area contributed by atoms with Gasteiger partial charge in [-0.3, -0.25) is 9.59 Å². The second-order valence-electron chi connectivity index (χ2n) is 10.7. The topological polar surface area (TPSA) is 134 Å². The minimum Gasteiger partial charge on any atom is -0.444 e. The zero-order valence-corrected chi connectivity index (χ0v) is 23.5. The van der Waals surface area contributed by atoms with Gasteiger partial charge < -0.3 is 25.2 Å². The summed E-state index contributed by atoms with van der Waals surface area (Å²) in [5.41, 5.74) is 0.752. The van der Waals surface area contributed by atoms with Crippen molar-refractivity contribution in [3.63, 3.8) is 0 Å². The normalized spacial score (nSPS) is 18.4. The fourth-order valence-electron chi connectivity index (χ4n) is 4.54. The van der Waals surface area contributed by atoms with E-state index in [1.165, 1.54) is 0 Å². The summed E-state index contributed by atoms with van der Waals surface area (Å²) < 4.78 is 10.8. The summed E-state index contributed by atoms with van der Waals surface area (Å²) in [6.07, 6.45) is -2.85. The molecule has 0 saturated carbocycles. The molecule has 3 N–H and O–H groups in total. The molecule has 0 bridgehead atoms. The molecule has 216 valence electrons. The highest BCUT2D eigenvalue weighted by atomic mass is 16.6. The highest BCUT2D eigenvalue weighted by Gasteiger charge is 2.52. The van der Waals surface area contributed by atoms with Crippen LogP contribution in [0.4, 0.5) is 9.59 Å². The Morgan fingerprint density at radius 1 is 1.05 bits per heavy atom. The lowest BCUT2D eigenvalue weighted by Gasteiger charge is -2.27. The molecule has 1 aliphatic heterocycles. The van der Waals surface area contributed by atoms with Gasteiger partial charge in [0.2, 0.25) is 0 Å². The Hall–Kier alpha value is -3.92. The molecule has 10 heteroatoms. The van der Waals surface area contributed by atoms with Gasteiger partial charge >= 0.3 is 12.2 Å². The number of aliphatic hydroxyl groups excluding tert-OH is 1. The molecule has 0 aromatic heterocycles. The average molecular weight is 554 g/mol. The fraction of sp³-hybridized carbons (Fsp3) is 0.467. The van der Waals surface area contributed by atoms with Crippen molar-refractivity contribution in [1.82, 2.24) is 15.5 Å². The zero-order valence-electron chi connectivity index (χ0n) is 23.5. The number of carbonyl (C=O) groups is 4. The summed E-state index contributed by atoms with van der Waals surface area (Å²) in [5.74, 6) is -1.33. The van der Waals surface area contributed by atoms with Crippen LogP contribution in [0.25, 0.3) is 0 Å². The Balaban J connectivity index is 1.61. The van der Waals surface area contributed by atoms with Crippen LogP contribution in [0, 0.1) is 5.41 Å². The summed E-state index contributed by atoms with van der Waals surface area (Å²) in [4.78, 5) is 52.4. The van der Waals surface area contributed by atoms with Crippen LogP contribution in [0.2, 0.25) is 0 Å². The van der Waals surface area contributed by atoms with Crippen molar-refractivity contribution >= 4 is 24.0 Å². The molecule has 4 atom stereocenters. The second-order valence-corrected chi connectivity index (χ2v) is 10.7. The van der Waals surface area contributed by atoms with Crippen molar-refractivity contribution < 1.29 is 33.8 Å². The van der Waals surface area contributed by atoms with Crippen molar-refractivity contribution in [1.29, 1.82) is 0 Å². The van der Waals surface area contributed by atoms with Gasteiger partial charge in [-0.15, -0.1) is 0 Å².